The number of carbonyl (C=O) groups excluding carboxylic acids is 2. The lowest BCUT2D eigenvalue weighted by Crippen LogP contribution is -2.48. The molecule has 0 spiro atoms. The predicted molar refractivity (Wildman–Crippen MR) is 104 cm³/mol. The Bertz CT molecular complexity index is 799. The van der Waals surface area contributed by atoms with Gasteiger partial charge in [-0.05, 0) is 17.7 Å². The van der Waals surface area contributed by atoms with Gasteiger partial charge in [0.15, 0.2) is 0 Å². The quantitative estimate of drug-likeness (QED) is 0.796. The molecule has 1 aliphatic heterocycles. The lowest BCUT2D eigenvalue weighted by atomic mass is 10.2. The van der Waals surface area contributed by atoms with E-state index in [1.54, 1.807) is 29.2 Å². The van der Waals surface area contributed by atoms with Crippen molar-refractivity contribution < 1.29 is 9.59 Å². The number of benzene rings is 1. The number of amides is 2. The van der Waals surface area contributed by atoms with Gasteiger partial charge in [-0.15, -0.1) is 6.58 Å². The van der Waals surface area contributed by atoms with Crippen molar-refractivity contribution in [2.24, 2.45) is 0 Å². The zero-order valence-corrected chi connectivity index (χ0v) is 15.3. The molecule has 6 nitrogen and oxygen atoms in total. The number of pyridine rings is 1. The molecule has 1 aromatic carbocycles. The molecule has 1 fully saturated rings. The molecule has 2 aromatic rings. The van der Waals surface area contributed by atoms with Crippen LogP contribution in [-0.2, 0) is 6.54 Å². The van der Waals surface area contributed by atoms with Crippen LogP contribution in [0.3, 0.4) is 0 Å². The molecular weight excluding hydrogens is 340 g/mol. The van der Waals surface area contributed by atoms with Crippen LogP contribution in [0, 0.1) is 0 Å². The Morgan fingerprint density at radius 3 is 2.41 bits per heavy atom. The van der Waals surface area contributed by atoms with E-state index in [4.69, 9.17) is 0 Å². The highest BCUT2D eigenvalue weighted by atomic mass is 16.2. The Balaban J connectivity index is 1.57. The zero-order valence-electron chi connectivity index (χ0n) is 15.3. The molecule has 0 unspecified atom stereocenters. The summed E-state index contributed by atoms with van der Waals surface area (Å²) in [5.41, 5.74) is 1.82. The van der Waals surface area contributed by atoms with Crippen molar-refractivity contribution in [3.8, 4) is 0 Å². The summed E-state index contributed by atoms with van der Waals surface area (Å²) in [6.45, 7) is 7.76. The van der Waals surface area contributed by atoms with Crippen LogP contribution in [-0.4, -0.2) is 59.3 Å². The average Bonchev–Trinajstić information content (AvgIpc) is 2.73. The molecule has 2 heterocycles. The number of hydrogen-bond acceptors (Lipinski definition) is 4. The molecule has 1 aromatic heterocycles. The summed E-state index contributed by atoms with van der Waals surface area (Å²) in [4.78, 5) is 33.1. The Morgan fingerprint density at radius 1 is 1.00 bits per heavy atom. The van der Waals surface area contributed by atoms with Gasteiger partial charge >= 0.3 is 0 Å². The minimum absolute atomic E-state index is 0.132. The van der Waals surface area contributed by atoms with Gasteiger partial charge in [-0.2, -0.15) is 0 Å². The number of nitrogens with one attached hydrogen (secondary N) is 1. The van der Waals surface area contributed by atoms with Gasteiger partial charge in [-0.25, -0.2) is 4.98 Å². The largest absolute Gasteiger partial charge is 0.347 e. The second-order valence-corrected chi connectivity index (χ2v) is 6.46. The van der Waals surface area contributed by atoms with E-state index >= 15 is 0 Å². The molecule has 0 saturated carbocycles. The number of carbonyl (C=O) groups is 2. The summed E-state index contributed by atoms with van der Waals surface area (Å²) in [6, 6.07) is 15.3. The SMILES string of the molecule is C=CCNC(=O)c1cccc(C(=O)N2CCN(Cc3ccccc3)CC2)n1. The van der Waals surface area contributed by atoms with Crippen LogP contribution in [0.25, 0.3) is 0 Å². The second-order valence-electron chi connectivity index (χ2n) is 6.46. The molecule has 0 bridgehead atoms. The maximum absolute atomic E-state index is 12.8. The molecular formula is C21H24N4O2. The van der Waals surface area contributed by atoms with Crippen LogP contribution in [0.15, 0.2) is 61.2 Å². The molecule has 140 valence electrons. The third-order valence-corrected chi connectivity index (χ3v) is 4.52. The molecule has 1 aliphatic rings. The first-order chi connectivity index (χ1) is 13.2. The second kappa shape index (κ2) is 9.09. The molecule has 27 heavy (non-hydrogen) atoms. The van der Waals surface area contributed by atoms with E-state index in [2.05, 4.69) is 33.9 Å². The first-order valence-corrected chi connectivity index (χ1v) is 9.09. The number of hydrogen-bond donors (Lipinski definition) is 1. The molecule has 0 radical (unpaired) electrons. The standard InChI is InChI=1S/C21H24N4O2/c1-2-11-22-20(26)18-9-6-10-19(23-18)21(27)25-14-12-24(13-15-25)16-17-7-4-3-5-8-17/h2-10H,1,11-16H2,(H,22,26). The van der Waals surface area contributed by atoms with E-state index in [1.165, 1.54) is 5.56 Å². The lowest BCUT2D eigenvalue weighted by molar-refractivity contribution is 0.0622. The maximum Gasteiger partial charge on any atom is 0.272 e. The zero-order chi connectivity index (χ0) is 19.1. The van der Waals surface area contributed by atoms with Crippen molar-refractivity contribution in [3.63, 3.8) is 0 Å². The number of piperazine rings is 1. The van der Waals surface area contributed by atoms with E-state index < -0.39 is 0 Å². The van der Waals surface area contributed by atoms with E-state index in [1.807, 2.05) is 18.2 Å². The Hall–Kier alpha value is -2.99. The summed E-state index contributed by atoms with van der Waals surface area (Å²) in [7, 11) is 0. The van der Waals surface area contributed by atoms with Crippen molar-refractivity contribution in [2.45, 2.75) is 6.54 Å². The van der Waals surface area contributed by atoms with E-state index in [0.717, 1.165) is 19.6 Å². The van der Waals surface area contributed by atoms with Gasteiger partial charge in [0.2, 0.25) is 0 Å². The molecule has 0 atom stereocenters. The number of nitrogens with zero attached hydrogens (tertiary/aromatic N) is 3. The predicted octanol–water partition coefficient (Wildman–Crippen LogP) is 1.96. The fourth-order valence-electron chi connectivity index (χ4n) is 3.05. The highest BCUT2D eigenvalue weighted by molar-refractivity contribution is 5.96. The van der Waals surface area contributed by atoms with Crippen molar-refractivity contribution in [1.29, 1.82) is 0 Å². The van der Waals surface area contributed by atoms with Gasteiger partial charge in [0.05, 0.1) is 0 Å². The highest BCUT2D eigenvalue weighted by Gasteiger charge is 2.23. The van der Waals surface area contributed by atoms with Crippen molar-refractivity contribution in [2.75, 3.05) is 32.7 Å². The summed E-state index contributed by atoms with van der Waals surface area (Å²) in [6.07, 6.45) is 1.60. The Kier molecular flexibility index (Phi) is 6.33. The highest BCUT2D eigenvalue weighted by Crippen LogP contribution is 2.11. The number of rotatable bonds is 6. The topological polar surface area (TPSA) is 65.5 Å². The van der Waals surface area contributed by atoms with E-state index in [0.29, 0.717) is 25.3 Å². The third-order valence-electron chi connectivity index (χ3n) is 4.52. The molecule has 6 heteroatoms. The van der Waals surface area contributed by atoms with E-state index in [-0.39, 0.29) is 17.5 Å². The smallest absolute Gasteiger partial charge is 0.272 e. The molecule has 2 amide bonds. The lowest BCUT2D eigenvalue weighted by Gasteiger charge is -2.34. The maximum atomic E-state index is 12.8. The van der Waals surface area contributed by atoms with Gasteiger partial charge in [0.25, 0.3) is 11.8 Å². The first kappa shape index (κ1) is 18.8. The van der Waals surface area contributed by atoms with Crippen molar-refractivity contribution >= 4 is 11.8 Å². The summed E-state index contributed by atoms with van der Waals surface area (Å²) >= 11 is 0. The monoisotopic (exact) mass is 364 g/mol. The van der Waals surface area contributed by atoms with Crippen molar-refractivity contribution in [1.82, 2.24) is 20.1 Å². The van der Waals surface area contributed by atoms with Crippen LogP contribution in [0.1, 0.15) is 26.5 Å². The summed E-state index contributed by atoms with van der Waals surface area (Å²) in [5.74, 6) is -0.440. The third kappa shape index (κ3) is 5.01. The molecule has 1 saturated heterocycles. The average molecular weight is 364 g/mol. The molecule has 3 rings (SSSR count). The van der Waals surface area contributed by atoms with Gasteiger partial charge in [0, 0.05) is 39.3 Å². The first-order valence-electron chi connectivity index (χ1n) is 9.09. The Labute approximate surface area is 159 Å². The fourth-order valence-corrected chi connectivity index (χ4v) is 3.05. The minimum Gasteiger partial charge on any atom is -0.347 e. The van der Waals surface area contributed by atoms with Gasteiger partial charge in [0.1, 0.15) is 11.4 Å². The molecule has 1 N–H and O–H groups in total. The minimum atomic E-state index is -0.308. The van der Waals surface area contributed by atoms with Gasteiger partial charge < -0.3 is 10.2 Å². The summed E-state index contributed by atoms with van der Waals surface area (Å²) < 4.78 is 0. The van der Waals surface area contributed by atoms with Crippen LogP contribution < -0.4 is 5.32 Å². The van der Waals surface area contributed by atoms with Crippen LogP contribution in [0.4, 0.5) is 0 Å². The fraction of sp³-hybridized carbons (Fsp3) is 0.286. The summed E-state index contributed by atoms with van der Waals surface area (Å²) in [5, 5.41) is 2.67. The Morgan fingerprint density at radius 2 is 1.70 bits per heavy atom. The van der Waals surface area contributed by atoms with Crippen LogP contribution in [0.5, 0.6) is 0 Å². The van der Waals surface area contributed by atoms with Crippen LogP contribution >= 0.6 is 0 Å². The number of aromatic nitrogens is 1. The van der Waals surface area contributed by atoms with Crippen molar-refractivity contribution in [3.05, 3.63) is 78.1 Å². The van der Waals surface area contributed by atoms with Gasteiger partial charge in [-0.3, -0.25) is 14.5 Å². The van der Waals surface area contributed by atoms with E-state index in [9.17, 15) is 9.59 Å². The normalized spacial score (nSPS) is 14.6. The molecule has 0 aliphatic carbocycles. The van der Waals surface area contributed by atoms with Gasteiger partial charge in [-0.1, -0.05) is 42.5 Å². The van der Waals surface area contributed by atoms with Crippen LogP contribution in [0.2, 0.25) is 0 Å².